The second-order valence-electron chi connectivity index (χ2n) is 14.0. The van der Waals surface area contributed by atoms with Gasteiger partial charge in [0.2, 0.25) is 0 Å². The van der Waals surface area contributed by atoms with E-state index in [2.05, 4.69) is 155 Å². The summed E-state index contributed by atoms with van der Waals surface area (Å²) in [6.45, 7) is 28.5. The third-order valence-corrected chi connectivity index (χ3v) is 9.60. The van der Waals surface area contributed by atoms with Crippen molar-refractivity contribution >= 4 is 47.9 Å². The monoisotopic (exact) mass is 576 g/mol. The van der Waals surface area contributed by atoms with Crippen LogP contribution in [0.3, 0.4) is 0 Å². The Morgan fingerprint density at radius 2 is 0.841 bits per heavy atom. The molecule has 6 aromatic rings. The molecule has 6 rings (SSSR count). The first kappa shape index (κ1) is 29.5. The van der Waals surface area contributed by atoms with Crippen molar-refractivity contribution in [2.45, 2.75) is 58.4 Å². The maximum atomic E-state index is 4.41. The van der Waals surface area contributed by atoms with Gasteiger partial charge in [-0.3, -0.25) is 0 Å². The second kappa shape index (κ2) is 10.6. The lowest BCUT2D eigenvalue weighted by Gasteiger charge is -2.26. The van der Waals surface area contributed by atoms with Crippen LogP contribution in [0.2, 0.25) is 0 Å². The fourth-order valence-corrected chi connectivity index (χ4v) is 6.84. The highest BCUT2D eigenvalue weighted by Crippen LogP contribution is 2.32. The summed E-state index contributed by atoms with van der Waals surface area (Å²) in [5.41, 5.74) is 7.67. The summed E-state index contributed by atoms with van der Waals surface area (Å²) < 4.78 is 4.33. The predicted molar refractivity (Wildman–Crippen MR) is 191 cm³/mol. The van der Waals surface area contributed by atoms with Crippen molar-refractivity contribution in [3.05, 3.63) is 140 Å². The van der Waals surface area contributed by atoms with Crippen LogP contribution in [0.25, 0.3) is 47.9 Å². The van der Waals surface area contributed by atoms with E-state index in [0.717, 1.165) is 34.2 Å². The zero-order valence-electron chi connectivity index (χ0n) is 27.2. The van der Waals surface area contributed by atoms with Crippen LogP contribution < -0.4 is 21.4 Å². The van der Waals surface area contributed by atoms with Gasteiger partial charge in [0.15, 0.2) is 0 Å². The minimum Gasteiger partial charge on any atom is -0.345 e. The average Bonchev–Trinajstić information content (AvgIpc) is 3.37. The Morgan fingerprint density at radius 1 is 0.477 bits per heavy atom. The highest BCUT2D eigenvalue weighted by Gasteiger charge is 2.23. The lowest BCUT2D eigenvalue weighted by Crippen LogP contribution is -2.38. The molecule has 2 aromatic heterocycles. The highest BCUT2D eigenvalue weighted by molar-refractivity contribution is 5.85. The molecule has 0 saturated heterocycles. The molecule has 0 saturated carbocycles. The van der Waals surface area contributed by atoms with Crippen molar-refractivity contribution < 1.29 is 0 Å². The van der Waals surface area contributed by atoms with Crippen molar-refractivity contribution in [3.63, 3.8) is 0 Å². The molecule has 0 atom stereocenters. The first-order valence-corrected chi connectivity index (χ1v) is 15.5. The summed E-state index contributed by atoms with van der Waals surface area (Å²) in [6.07, 6.45) is 1.78. The Bertz CT molecular complexity index is 2230. The van der Waals surface area contributed by atoms with E-state index in [9.17, 15) is 0 Å². The molecular formula is C42H44N2. The molecule has 0 aliphatic heterocycles. The number of nitrogens with zero attached hydrogens (tertiary/aromatic N) is 2. The number of hydrogen-bond acceptors (Lipinski definition) is 0. The Morgan fingerprint density at radius 3 is 1.30 bits per heavy atom. The molecule has 222 valence electrons. The molecule has 0 unspecified atom stereocenters. The molecule has 0 fully saturated rings. The fraction of sp³-hybridized carbons (Fsp3) is 0.238. The fourth-order valence-electron chi connectivity index (χ4n) is 6.84. The Balaban J connectivity index is 1.19. The van der Waals surface area contributed by atoms with Crippen LogP contribution >= 0.6 is 0 Å². The molecule has 0 N–H and O–H groups in total. The minimum atomic E-state index is -0.102. The molecule has 2 heterocycles. The molecule has 4 aromatic carbocycles. The Hall–Kier alpha value is -4.56. The van der Waals surface area contributed by atoms with Crippen LogP contribution in [0, 0.1) is 0 Å². The minimum absolute atomic E-state index is 0.0536. The van der Waals surface area contributed by atoms with Gasteiger partial charge in [0.05, 0.1) is 0 Å². The molecule has 0 bridgehead atoms. The normalized spacial score (nSPS) is 12.4. The van der Waals surface area contributed by atoms with Gasteiger partial charge in [-0.1, -0.05) is 113 Å². The summed E-state index contributed by atoms with van der Waals surface area (Å²) in [4.78, 5) is 0. The van der Waals surface area contributed by atoms with Gasteiger partial charge in [-0.15, -0.1) is 0 Å². The average molecular weight is 577 g/mol. The second-order valence-corrected chi connectivity index (χ2v) is 14.0. The zero-order chi connectivity index (χ0) is 31.6. The number of fused-ring (bicyclic) bond motifs is 2. The molecule has 0 aliphatic rings. The molecule has 0 aliphatic carbocycles. The van der Waals surface area contributed by atoms with Gasteiger partial charge in [0.25, 0.3) is 0 Å². The van der Waals surface area contributed by atoms with Crippen molar-refractivity contribution in [2.24, 2.45) is 7.05 Å². The molecule has 2 nitrogen and oxygen atoms in total. The largest absolute Gasteiger partial charge is 0.345 e. The molecule has 2 heteroatoms. The lowest BCUT2D eigenvalue weighted by atomic mass is 9.77. The van der Waals surface area contributed by atoms with Crippen LogP contribution in [-0.4, -0.2) is 9.13 Å². The van der Waals surface area contributed by atoms with Crippen LogP contribution in [-0.2, 0) is 30.8 Å². The van der Waals surface area contributed by atoms with Crippen LogP contribution in [0.5, 0.6) is 0 Å². The van der Waals surface area contributed by atoms with Crippen molar-refractivity contribution in [1.29, 1.82) is 0 Å². The van der Waals surface area contributed by atoms with Gasteiger partial charge in [0, 0.05) is 60.9 Å². The van der Waals surface area contributed by atoms with Gasteiger partial charge in [-0.25, -0.2) is 0 Å². The quantitative estimate of drug-likeness (QED) is 0.201. The van der Waals surface area contributed by atoms with Gasteiger partial charge in [0.1, 0.15) is 0 Å². The first-order chi connectivity index (χ1) is 20.8. The third kappa shape index (κ3) is 5.03. The SMILES string of the molecule is C=c1c2ccc(Cc3ccc(C(C)(C)c4ccc(Cc5ccc6c(=C)n(C(C)(C)C)c(=C)c6c5)cc4)cc3)cc2c(=C)n1C. The van der Waals surface area contributed by atoms with Crippen LogP contribution in [0.15, 0.2) is 84.9 Å². The highest BCUT2D eigenvalue weighted by atomic mass is 15.0. The summed E-state index contributed by atoms with van der Waals surface area (Å²) in [7, 11) is 2.03. The summed E-state index contributed by atoms with van der Waals surface area (Å²) in [5, 5.41) is 8.88. The third-order valence-electron chi connectivity index (χ3n) is 9.60. The van der Waals surface area contributed by atoms with Crippen LogP contribution in [0.1, 0.15) is 68.0 Å². The first-order valence-electron chi connectivity index (χ1n) is 15.5. The molecule has 0 radical (unpaired) electrons. The summed E-state index contributed by atoms with van der Waals surface area (Å²) >= 11 is 0. The van der Waals surface area contributed by atoms with E-state index in [1.54, 1.807) is 0 Å². The molecule has 0 spiro atoms. The zero-order valence-corrected chi connectivity index (χ0v) is 27.2. The van der Waals surface area contributed by atoms with E-state index in [1.807, 2.05) is 7.05 Å². The van der Waals surface area contributed by atoms with Crippen LogP contribution in [0.4, 0.5) is 0 Å². The Labute approximate surface area is 261 Å². The summed E-state index contributed by atoms with van der Waals surface area (Å²) in [6, 6.07) is 31.7. The number of hydrogen-bond donors (Lipinski definition) is 0. The molecule has 44 heavy (non-hydrogen) atoms. The predicted octanol–water partition coefficient (Wildman–Crippen LogP) is 7.04. The van der Waals surface area contributed by atoms with Gasteiger partial charge in [-0.2, -0.15) is 0 Å². The number of benzene rings is 4. The van der Waals surface area contributed by atoms with Crippen molar-refractivity contribution in [2.75, 3.05) is 0 Å². The maximum absolute atomic E-state index is 4.41. The molecule has 0 amide bonds. The van der Waals surface area contributed by atoms with E-state index in [4.69, 9.17) is 0 Å². The van der Waals surface area contributed by atoms with Gasteiger partial charge >= 0.3 is 0 Å². The van der Waals surface area contributed by atoms with Gasteiger partial charge in [-0.05, 0) is 79.1 Å². The van der Waals surface area contributed by atoms with Crippen molar-refractivity contribution in [3.8, 4) is 0 Å². The van der Waals surface area contributed by atoms with Gasteiger partial charge < -0.3 is 9.13 Å². The van der Waals surface area contributed by atoms with E-state index in [1.165, 1.54) is 54.9 Å². The maximum Gasteiger partial charge on any atom is 0.0423 e. The number of rotatable bonds is 6. The lowest BCUT2D eigenvalue weighted by molar-refractivity contribution is 0.383. The van der Waals surface area contributed by atoms with E-state index < -0.39 is 0 Å². The van der Waals surface area contributed by atoms with Crippen molar-refractivity contribution in [1.82, 2.24) is 9.13 Å². The van der Waals surface area contributed by atoms with E-state index in [-0.39, 0.29) is 11.0 Å². The molecular weight excluding hydrogens is 532 g/mol. The summed E-state index contributed by atoms with van der Waals surface area (Å²) in [5.74, 6) is 0. The Kier molecular flexibility index (Phi) is 7.08. The topological polar surface area (TPSA) is 9.86 Å². The standard InChI is InChI=1S/C42H44N2/c1-27-37-21-15-33(25-39(37)28(2)43(27)10)23-31-11-17-35(18-12-31)42(8,9)36-19-13-32(14-20-36)24-34-16-22-38-29(3)44(41(5,6)7)30(4)40(38)26-34/h11-22,25-26H,1-4,23-24H2,5-10H3. The smallest absolute Gasteiger partial charge is 0.0423 e. The number of aromatic nitrogens is 2. The van der Waals surface area contributed by atoms with E-state index >= 15 is 0 Å². The van der Waals surface area contributed by atoms with E-state index in [0.29, 0.717) is 0 Å².